The summed E-state index contributed by atoms with van der Waals surface area (Å²) in [4.78, 5) is 12.4. The van der Waals surface area contributed by atoms with Gasteiger partial charge in [0.2, 0.25) is 5.91 Å². The van der Waals surface area contributed by atoms with Gasteiger partial charge in [0.25, 0.3) is 0 Å². The lowest BCUT2D eigenvalue weighted by molar-refractivity contribution is -0.120. The molecule has 5 nitrogen and oxygen atoms in total. The number of fused-ring (bicyclic) bond motifs is 1. The van der Waals surface area contributed by atoms with Crippen molar-refractivity contribution in [3.63, 3.8) is 0 Å². The third-order valence-corrected chi connectivity index (χ3v) is 5.19. The molecule has 0 aromatic heterocycles. The first-order chi connectivity index (χ1) is 15.2. The van der Waals surface area contributed by atoms with Gasteiger partial charge in [0.1, 0.15) is 13.2 Å². The van der Waals surface area contributed by atoms with Crippen LogP contribution in [-0.2, 0) is 35.7 Å². The molecule has 1 aliphatic heterocycles. The Morgan fingerprint density at radius 2 is 1.55 bits per heavy atom. The first-order valence-corrected chi connectivity index (χ1v) is 10.6. The van der Waals surface area contributed by atoms with Crippen molar-refractivity contribution in [2.75, 3.05) is 13.2 Å². The van der Waals surface area contributed by atoms with Crippen LogP contribution in [0.2, 0.25) is 5.02 Å². The minimum absolute atomic E-state index is 0.0805. The van der Waals surface area contributed by atoms with Crippen LogP contribution in [0.1, 0.15) is 22.3 Å². The molecule has 1 N–H and O–H groups in total. The fraction of sp³-hybridized carbons (Fsp3) is 0.240. The van der Waals surface area contributed by atoms with Crippen molar-refractivity contribution in [2.45, 2.75) is 26.2 Å². The molecule has 1 amide bonds. The van der Waals surface area contributed by atoms with Crippen LogP contribution < -0.4 is 14.8 Å². The van der Waals surface area contributed by atoms with Crippen LogP contribution >= 0.6 is 11.6 Å². The van der Waals surface area contributed by atoms with Gasteiger partial charge in [-0.1, -0.05) is 66.2 Å². The molecule has 0 atom stereocenters. The molecule has 4 rings (SSSR count). The molecular weight excluding hydrogens is 414 g/mol. The van der Waals surface area contributed by atoms with E-state index in [0.717, 1.165) is 22.3 Å². The number of carbonyl (C=O) groups excluding carboxylic acids is 1. The lowest BCUT2D eigenvalue weighted by Gasteiger charge is -2.20. The van der Waals surface area contributed by atoms with E-state index in [4.69, 9.17) is 25.8 Å². The van der Waals surface area contributed by atoms with Crippen molar-refractivity contribution in [1.82, 2.24) is 5.32 Å². The molecule has 0 unspecified atom stereocenters. The third kappa shape index (κ3) is 6.00. The lowest BCUT2D eigenvalue weighted by Crippen LogP contribution is -2.24. The van der Waals surface area contributed by atoms with Gasteiger partial charge in [-0.05, 0) is 34.4 Å². The normalized spacial score (nSPS) is 12.4. The van der Waals surface area contributed by atoms with Crippen molar-refractivity contribution in [3.8, 4) is 11.5 Å². The summed E-state index contributed by atoms with van der Waals surface area (Å²) in [7, 11) is 0. The number of ether oxygens (including phenoxy) is 3. The smallest absolute Gasteiger partial charge is 0.224 e. The second-order valence-electron chi connectivity index (χ2n) is 7.35. The van der Waals surface area contributed by atoms with Gasteiger partial charge in [-0.25, -0.2) is 0 Å². The van der Waals surface area contributed by atoms with E-state index in [-0.39, 0.29) is 12.3 Å². The standard InChI is InChI=1S/C25H24ClNO4/c26-22-12-21(13-23-25(22)31-11-10-30-23)14-24(28)27-15-18-6-8-20(9-7-18)17-29-16-19-4-2-1-3-5-19/h1-9,12-13H,10-11,14-17H2,(H,27,28). The molecule has 0 aliphatic carbocycles. The Bertz CT molecular complexity index is 1020. The van der Waals surface area contributed by atoms with Gasteiger partial charge < -0.3 is 19.5 Å². The summed E-state index contributed by atoms with van der Waals surface area (Å²) in [5, 5.41) is 3.41. The first kappa shape index (κ1) is 21.2. The van der Waals surface area contributed by atoms with E-state index >= 15 is 0 Å². The van der Waals surface area contributed by atoms with Gasteiger partial charge in [-0.3, -0.25) is 4.79 Å². The second kappa shape index (κ2) is 10.3. The maximum absolute atomic E-state index is 12.4. The molecule has 1 aliphatic rings. The summed E-state index contributed by atoms with van der Waals surface area (Å²) in [6, 6.07) is 21.7. The van der Waals surface area contributed by atoms with Gasteiger partial charge >= 0.3 is 0 Å². The highest BCUT2D eigenvalue weighted by atomic mass is 35.5. The number of hydrogen-bond acceptors (Lipinski definition) is 4. The molecular formula is C25H24ClNO4. The Hall–Kier alpha value is -3.02. The molecule has 160 valence electrons. The van der Waals surface area contributed by atoms with Crippen LogP contribution in [0, 0.1) is 0 Å². The first-order valence-electron chi connectivity index (χ1n) is 10.2. The number of rotatable bonds is 8. The molecule has 0 bridgehead atoms. The van der Waals surface area contributed by atoms with Gasteiger partial charge in [-0.15, -0.1) is 0 Å². The van der Waals surface area contributed by atoms with Crippen LogP contribution in [-0.4, -0.2) is 19.1 Å². The van der Waals surface area contributed by atoms with Gasteiger partial charge in [0, 0.05) is 6.54 Å². The zero-order valence-electron chi connectivity index (χ0n) is 17.1. The number of carbonyl (C=O) groups is 1. The average molecular weight is 438 g/mol. The molecule has 0 saturated carbocycles. The summed E-state index contributed by atoms with van der Waals surface area (Å²) in [6.45, 7) is 2.55. The monoisotopic (exact) mass is 437 g/mol. The van der Waals surface area contributed by atoms with E-state index in [1.165, 1.54) is 0 Å². The van der Waals surface area contributed by atoms with Crippen molar-refractivity contribution in [2.24, 2.45) is 0 Å². The molecule has 3 aromatic carbocycles. The molecule has 31 heavy (non-hydrogen) atoms. The van der Waals surface area contributed by atoms with E-state index < -0.39 is 0 Å². The zero-order chi connectivity index (χ0) is 21.5. The Kier molecular flexibility index (Phi) is 7.07. The van der Waals surface area contributed by atoms with Crippen LogP contribution in [0.4, 0.5) is 0 Å². The third-order valence-electron chi connectivity index (χ3n) is 4.91. The number of nitrogens with one attached hydrogen (secondary N) is 1. The number of halogens is 1. The summed E-state index contributed by atoms with van der Waals surface area (Å²) < 4.78 is 16.8. The van der Waals surface area contributed by atoms with Crippen molar-refractivity contribution >= 4 is 17.5 Å². The SMILES string of the molecule is O=C(Cc1cc(Cl)c2c(c1)OCCO2)NCc1ccc(COCc2ccccc2)cc1. The van der Waals surface area contributed by atoms with Gasteiger partial charge in [-0.2, -0.15) is 0 Å². The van der Waals surface area contributed by atoms with E-state index in [2.05, 4.69) is 5.32 Å². The molecule has 6 heteroatoms. The summed E-state index contributed by atoms with van der Waals surface area (Å²) in [6.07, 6.45) is 0.224. The summed E-state index contributed by atoms with van der Waals surface area (Å²) >= 11 is 6.24. The fourth-order valence-electron chi connectivity index (χ4n) is 3.33. The Labute approximate surface area is 186 Å². The minimum Gasteiger partial charge on any atom is -0.486 e. The number of benzene rings is 3. The maximum atomic E-state index is 12.4. The Balaban J connectivity index is 1.23. The Morgan fingerprint density at radius 1 is 0.871 bits per heavy atom. The second-order valence-corrected chi connectivity index (χ2v) is 7.76. The minimum atomic E-state index is -0.0805. The number of hydrogen-bond donors (Lipinski definition) is 1. The maximum Gasteiger partial charge on any atom is 0.224 e. The largest absolute Gasteiger partial charge is 0.486 e. The molecule has 0 spiro atoms. The van der Waals surface area contributed by atoms with Crippen molar-refractivity contribution < 1.29 is 19.0 Å². The molecule has 3 aromatic rings. The molecule has 0 fully saturated rings. The average Bonchev–Trinajstić information content (AvgIpc) is 2.79. The van der Waals surface area contributed by atoms with Crippen LogP contribution in [0.25, 0.3) is 0 Å². The fourth-order valence-corrected chi connectivity index (χ4v) is 3.62. The van der Waals surface area contributed by atoms with E-state index in [0.29, 0.717) is 49.5 Å². The predicted molar refractivity (Wildman–Crippen MR) is 119 cm³/mol. The highest BCUT2D eigenvalue weighted by Gasteiger charge is 2.17. The van der Waals surface area contributed by atoms with Crippen LogP contribution in [0.5, 0.6) is 11.5 Å². The van der Waals surface area contributed by atoms with Crippen molar-refractivity contribution in [3.05, 3.63) is 94.0 Å². The highest BCUT2D eigenvalue weighted by molar-refractivity contribution is 6.32. The van der Waals surface area contributed by atoms with E-state index in [1.54, 1.807) is 6.07 Å². The lowest BCUT2D eigenvalue weighted by atomic mass is 10.1. The van der Waals surface area contributed by atoms with E-state index in [9.17, 15) is 4.79 Å². The van der Waals surface area contributed by atoms with Gasteiger partial charge in [0.05, 0.1) is 24.7 Å². The van der Waals surface area contributed by atoms with Crippen LogP contribution in [0.15, 0.2) is 66.7 Å². The van der Waals surface area contributed by atoms with Crippen LogP contribution in [0.3, 0.4) is 0 Å². The Morgan fingerprint density at radius 3 is 2.32 bits per heavy atom. The van der Waals surface area contributed by atoms with E-state index in [1.807, 2.05) is 60.7 Å². The van der Waals surface area contributed by atoms with Gasteiger partial charge in [0.15, 0.2) is 11.5 Å². The quantitative estimate of drug-likeness (QED) is 0.555. The zero-order valence-corrected chi connectivity index (χ0v) is 17.9. The number of amides is 1. The molecule has 0 saturated heterocycles. The molecule has 1 heterocycles. The van der Waals surface area contributed by atoms with Crippen molar-refractivity contribution in [1.29, 1.82) is 0 Å². The summed E-state index contributed by atoms with van der Waals surface area (Å²) in [5.74, 6) is 1.06. The topological polar surface area (TPSA) is 56.8 Å². The predicted octanol–water partition coefficient (Wildman–Crippen LogP) is 4.69. The molecule has 0 radical (unpaired) electrons. The summed E-state index contributed by atoms with van der Waals surface area (Å²) in [5.41, 5.74) is 4.07. The highest BCUT2D eigenvalue weighted by Crippen LogP contribution is 2.38.